The first-order valence-corrected chi connectivity index (χ1v) is 6.89. The first-order chi connectivity index (χ1) is 7.88. The molecule has 0 amide bonds. The van der Waals surface area contributed by atoms with Crippen molar-refractivity contribution >= 4 is 17.6 Å². The molecule has 1 aromatic rings. The largest absolute Gasteiger partial charge is 0.369 e. The number of anilines is 1. The molecule has 88 valence electrons. The van der Waals surface area contributed by atoms with E-state index >= 15 is 0 Å². The van der Waals surface area contributed by atoms with Gasteiger partial charge < -0.3 is 5.32 Å². The Kier molecular flexibility index (Phi) is 4.42. The molecule has 1 N–H and O–H groups in total. The van der Waals surface area contributed by atoms with E-state index in [0.29, 0.717) is 0 Å². The molecule has 1 aliphatic heterocycles. The summed E-state index contributed by atoms with van der Waals surface area (Å²) >= 11 is 2.03. The number of hydrogen-bond acceptors (Lipinski definition) is 5. The third-order valence-electron chi connectivity index (χ3n) is 2.55. The molecule has 4 nitrogen and oxygen atoms in total. The van der Waals surface area contributed by atoms with Crippen molar-refractivity contribution in [3.8, 4) is 0 Å². The summed E-state index contributed by atoms with van der Waals surface area (Å²) in [4.78, 5) is 11.2. The fourth-order valence-corrected chi connectivity index (χ4v) is 2.68. The number of nitrogens with zero attached hydrogens (tertiary/aromatic N) is 3. The molecule has 0 bridgehead atoms. The van der Waals surface area contributed by atoms with Crippen LogP contribution in [0.15, 0.2) is 12.4 Å². The number of rotatable bonds is 4. The topological polar surface area (TPSA) is 41.1 Å². The van der Waals surface area contributed by atoms with Crippen LogP contribution >= 0.6 is 11.8 Å². The van der Waals surface area contributed by atoms with Crippen LogP contribution in [0, 0.1) is 0 Å². The lowest BCUT2D eigenvalue weighted by Crippen LogP contribution is -2.32. The van der Waals surface area contributed by atoms with Gasteiger partial charge in [0.1, 0.15) is 5.82 Å². The van der Waals surface area contributed by atoms with Gasteiger partial charge in [0, 0.05) is 37.7 Å². The summed E-state index contributed by atoms with van der Waals surface area (Å²) < 4.78 is 0. The summed E-state index contributed by atoms with van der Waals surface area (Å²) in [5.74, 6) is 3.34. The van der Waals surface area contributed by atoms with Crippen LogP contribution in [0.2, 0.25) is 0 Å². The summed E-state index contributed by atoms with van der Waals surface area (Å²) in [6, 6.07) is 0. The van der Waals surface area contributed by atoms with E-state index in [0.717, 1.165) is 24.6 Å². The normalized spacial score (nSPS) is 17.3. The maximum absolute atomic E-state index is 4.42. The fraction of sp³-hybridized carbons (Fsp3) is 0.636. The lowest BCUT2D eigenvalue weighted by atomic mass is 10.4. The smallest absolute Gasteiger partial charge is 0.144 e. The molecule has 1 saturated heterocycles. The van der Waals surface area contributed by atoms with Gasteiger partial charge in [-0.15, -0.1) is 0 Å². The molecular weight excluding hydrogens is 220 g/mol. The van der Waals surface area contributed by atoms with Crippen molar-refractivity contribution in [2.24, 2.45) is 0 Å². The molecule has 2 rings (SSSR count). The average Bonchev–Trinajstić information content (AvgIpc) is 2.33. The minimum atomic E-state index is 0.862. The standard InChI is InChI=1S/C11H18N4S/c1-2-12-11-8-13-10(7-14-11)9-15-3-5-16-6-4-15/h7-8H,2-6,9H2,1H3,(H,12,14). The summed E-state index contributed by atoms with van der Waals surface area (Å²) in [7, 11) is 0. The highest BCUT2D eigenvalue weighted by atomic mass is 32.2. The van der Waals surface area contributed by atoms with Crippen molar-refractivity contribution in [2.45, 2.75) is 13.5 Å². The Morgan fingerprint density at radius 2 is 2.12 bits per heavy atom. The third kappa shape index (κ3) is 3.35. The van der Waals surface area contributed by atoms with Crippen LogP contribution in [-0.2, 0) is 6.54 Å². The maximum atomic E-state index is 4.42. The summed E-state index contributed by atoms with van der Waals surface area (Å²) in [5, 5.41) is 3.15. The highest BCUT2D eigenvalue weighted by Crippen LogP contribution is 2.11. The quantitative estimate of drug-likeness (QED) is 0.860. The Bertz CT molecular complexity index is 308. The molecule has 0 aliphatic carbocycles. The van der Waals surface area contributed by atoms with Crippen molar-refractivity contribution in [3.05, 3.63) is 18.1 Å². The van der Waals surface area contributed by atoms with Crippen LogP contribution in [0.1, 0.15) is 12.6 Å². The third-order valence-corrected chi connectivity index (χ3v) is 3.50. The minimum absolute atomic E-state index is 0.862. The van der Waals surface area contributed by atoms with Crippen LogP contribution in [0.3, 0.4) is 0 Å². The van der Waals surface area contributed by atoms with Gasteiger partial charge in [-0.1, -0.05) is 0 Å². The molecule has 0 aromatic carbocycles. The SMILES string of the molecule is CCNc1cnc(CN2CCSCC2)cn1. The van der Waals surface area contributed by atoms with Crippen LogP contribution in [0.25, 0.3) is 0 Å². The molecule has 0 unspecified atom stereocenters. The number of hydrogen-bond donors (Lipinski definition) is 1. The molecule has 1 aromatic heterocycles. The van der Waals surface area contributed by atoms with Gasteiger partial charge in [-0.3, -0.25) is 9.88 Å². The highest BCUT2D eigenvalue weighted by molar-refractivity contribution is 7.99. The van der Waals surface area contributed by atoms with Crippen molar-refractivity contribution in [2.75, 3.05) is 36.5 Å². The van der Waals surface area contributed by atoms with Crippen molar-refractivity contribution in [1.82, 2.24) is 14.9 Å². The van der Waals surface area contributed by atoms with E-state index in [2.05, 4.69) is 27.1 Å². The molecule has 0 spiro atoms. The molecule has 5 heteroatoms. The molecule has 16 heavy (non-hydrogen) atoms. The van der Waals surface area contributed by atoms with Crippen LogP contribution < -0.4 is 5.32 Å². The second-order valence-corrected chi connectivity index (χ2v) is 5.04. The van der Waals surface area contributed by atoms with Gasteiger partial charge in [0.25, 0.3) is 0 Å². The Balaban J connectivity index is 1.88. The van der Waals surface area contributed by atoms with Gasteiger partial charge in [0.15, 0.2) is 0 Å². The molecule has 1 aliphatic rings. The number of nitrogens with one attached hydrogen (secondary N) is 1. The van der Waals surface area contributed by atoms with Crippen molar-refractivity contribution in [1.29, 1.82) is 0 Å². The molecule has 2 heterocycles. The van der Waals surface area contributed by atoms with E-state index in [4.69, 9.17) is 0 Å². The van der Waals surface area contributed by atoms with Gasteiger partial charge in [0.05, 0.1) is 18.1 Å². The Labute approximate surface area is 101 Å². The highest BCUT2D eigenvalue weighted by Gasteiger charge is 2.11. The molecule has 0 atom stereocenters. The molecule has 1 fully saturated rings. The summed E-state index contributed by atoms with van der Waals surface area (Å²) in [5.41, 5.74) is 1.06. The van der Waals surface area contributed by atoms with E-state index < -0.39 is 0 Å². The Hall–Kier alpha value is -0.810. The zero-order valence-electron chi connectivity index (χ0n) is 9.65. The van der Waals surface area contributed by atoms with Crippen molar-refractivity contribution < 1.29 is 0 Å². The monoisotopic (exact) mass is 238 g/mol. The van der Waals surface area contributed by atoms with E-state index in [1.165, 1.54) is 24.6 Å². The summed E-state index contributed by atoms with van der Waals surface area (Å²) in [6.45, 7) is 6.21. The maximum Gasteiger partial charge on any atom is 0.144 e. The molecular formula is C11H18N4S. The van der Waals surface area contributed by atoms with Gasteiger partial charge in [-0.25, -0.2) is 4.98 Å². The van der Waals surface area contributed by atoms with Gasteiger partial charge in [-0.05, 0) is 6.92 Å². The van der Waals surface area contributed by atoms with E-state index in [1.54, 1.807) is 0 Å². The zero-order valence-corrected chi connectivity index (χ0v) is 10.5. The first kappa shape index (κ1) is 11.7. The lowest BCUT2D eigenvalue weighted by Gasteiger charge is -2.25. The Morgan fingerprint density at radius 3 is 2.75 bits per heavy atom. The average molecular weight is 238 g/mol. The van der Waals surface area contributed by atoms with Crippen LogP contribution in [0.4, 0.5) is 5.82 Å². The second kappa shape index (κ2) is 6.06. The second-order valence-electron chi connectivity index (χ2n) is 3.81. The van der Waals surface area contributed by atoms with Gasteiger partial charge in [-0.2, -0.15) is 11.8 Å². The van der Waals surface area contributed by atoms with Gasteiger partial charge in [0.2, 0.25) is 0 Å². The van der Waals surface area contributed by atoms with Crippen molar-refractivity contribution in [3.63, 3.8) is 0 Å². The lowest BCUT2D eigenvalue weighted by molar-refractivity contribution is 0.290. The van der Waals surface area contributed by atoms with Crippen LogP contribution in [0.5, 0.6) is 0 Å². The fourth-order valence-electron chi connectivity index (χ4n) is 1.70. The summed E-state index contributed by atoms with van der Waals surface area (Å²) in [6.07, 6.45) is 3.69. The zero-order chi connectivity index (χ0) is 11.2. The molecule has 0 radical (unpaired) electrons. The minimum Gasteiger partial charge on any atom is -0.369 e. The predicted octanol–water partition coefficient (Wildman–Crippen LogP) is 1.46. The number of thioether (sulfide) groups is 1. The molecule has 0 saturated carbocycles. The van der Waals surface area contributed by atoms with E-state index in [1.807, 2.05) is 24.2 Å². The van der Waals surface area contributed by atoms with E-state index in [-0.39, 0.29) is 0 Å². The van der Waals surface area contributed by atoms with E-state index in [9.17, 15) is 0 Å². The van der Waals surface area contributed by atoms with Gasteiger partial charge >= 0.3 is 0 Å². The Morgan fingerprint density at radius 1 is 1.31 bits per heavy atom. The van der Waals surface area contributed by atoms with Crippen LogP contribution in [-0.4, -0.2) is 46.0 Å². The predicted molar refractivity (Wildman–Crippen MR) is 68.8 cm³/mol. The number of aromatic nitrogens is 2. The first-order valence-electron chi connectivity index (χ1n) is 5.73.